The molecule has 0 aliphatic rings. The molecule has 0 saturated carbocycles. The number of benzene rings is 1. The summed E-state index contributed by atoms with van der Waals surface area (Å²) in [5.74, 6) is 0.806. The molecule has 0 saturated heterocycles. The Morgan fingerprint density at radius 2 is 2.17 bits per heavy atom. The topological polar surface area (TPSA) is 61.4 Å². The highest BCUT2D eigenvalue weighted by Crippen LogP contribution is 2.19. The zero-order valence-electron chi connectivity index (χ0n) is 14.3. The number of ether oxygens (including phenoxy) is 1. The summed E-state index contributed by atoms with van der Waals surface area (Å²) in [4.78, 5) is 7.57. The number of halogens is 1. The van der Waals surface area contributed by atoms with Crippen molar-refractivity contribution in [2.24, 2.45) is 4.99 Å². The summed E-state index contributed by atoms with van der Waals surface area (Å²) in [5.41, 5.74) is 3.80. The van der Waals surface area contributed by atoms with Crippen LogP contribution >= 0.6 is 24.0 Å². The van der Waals surface area contributed by atoms with Gasteiger partial charge in [0.2, 0.25) is 0 Å². The Labute approximate surface area is 155 Å². The van der Waals surface area contributed by atoms with Crippen LogP contribution in [0.5, 0.6) is 0 Å². The van der Waals surface area contributed by atoms with Gasteiger partial charge in [0, 0.05) is 43.8 Å². The molecule has 3 N–H and O–H groups in total. The highest BCUT2D eigenvalue weighted by atomic mass is 127. The first-order chi connectivity index (χ1) is 10.6. The Bertz CT molecular complexity index is 639. The van der Waals surface area contributed by atoms with Crippen molar-refractivity contribution >= 4 is 40.8 Å². The first-order valence-corrected chi connectivity index (χ1v) is 7.66. The van der Waals surface area contributed by atoms with Gasteiger partial charge in [0.1, 0.15) is 0 Å². The van der Waals surface area contributed by atoms with E-state index in [0.29, 0.717) is 6.61 Å². The van der Waals surface area contributed by atoms with Crippen molar-refractivity contribution in [1.82, 2.24) is 15.6 Å². The molecular weight excluding hydrogens is 403 g/mol. The zero-order chi connectivity index (χ0) is 15.9. The van der Waals surface area contributed by atoms with E-state index in [1.165, 1.54) is 22.0 Å². The third kappa shape index (κ3) is 5.69. The van der Waals surface area contributed by atoms with Gasteiger partial charge < -0.3 is 20.4 Å². The zero-order valence-corrected chi connectivity index (χ0v) is 16.6. The molecule has 5 nitrogen and oxygen atoms in total. The molecule has 0 radical (unpaired) electrons. The maximum absolute atomic E-state index is 5.12. The summed E-state index contributed by atoms with van der Waals surface area (Å²) < 4.78 is 5.12. The highest BCUT2D eigenvalue weighted by molar-refractivity contribution is 14.0. The molecule has 0 aliphatic carbocycles. The molecule has 2 rings (SSSR count). The fourth-order valence-corrected chi connectivity index (χ4v) is 2.54. The van der Waals surface area contributed by atoms with Crippen LogP contribution in [0.15, 0.2) is 29.4 Å². The van der Waals surface area contributed by atoms with E-state index in [1.54, 1.807) is 14.2 Å². The normalized spacial score (nSPS) is 12.8. The molecule has 128 valence electrons. The van der Waals surface area contributed by atoms with E-state index in [2.05, 4.69) is 58.9 Å². The minimum Gasteiger partial charge on any atom is -0.383 e. The van der Waals surface area contributed by atoms with Gasteiger partial charge in [-0.1, -0.05) is 12.1 Å². The average Bonchev–Trinajstić information content (AvgIpc) is 2.88. The fourth-order valence-electron chi connectivity index (χ4n) is 2.54. The number of nitrogens with zero attached hydrogens (tertiary/aromatic N) is 1. The second-order valence-electron chi connectivity index (χ2n) is 5.61. The first-order valence-electron chi connectivity index (χ1n) is 7.66. The second kappa shape index (κ2) is 9.77. The van der Waals surface area contributed by atoms with Gasteiger partial charge in [-0.05, 0) is 37.5 Å². The smallest absolute Gasteiger partial charge is 0.191 e. The number of aromatic amines is 1. The lowest BCUT2D eigenvalue weighted by Crippen LogP contribution is -2.44. The molecule has 0 aliphatic heterocycles. The van der Waals surface area contributed by atoms with E-state index < -0.39 is 0 Å². The van der Waals surface area contributed by atoms with Crippen LogP contribution in [-0.2, 0) is 11.2 Å². The molecule has 1 heterocycles. The largest absolute Gasteiger partial charge is 0.383 e. The number of H-pyrrole nitrogens is 1. The van der Waals surface area contributed by atoms with E-state index in [-0.39, 0.29) is 30.0 Å². The number of nitrogens with one attached hydrogen (secondary N) is 3. The molecule has 1 aromatic heterocycles. The summed E-state index contributed by atoms with van der Waals surface area (Å²) in [6.45, 7) is 5.67. The third-order valence-electron chi connectivity index (χ3n) is 3.63. The van der Waals surface area contributed by atoms with Crippen LogP contribution in [0.1, 0.15) is 18.1 Å². The molecule has 6 heteroatoms. The number of hydrogen-bond acceptors (Lipinski definition) is 2. The van der Waals surface area contributed by atoms with E-state index in [1.807, 2.05) is 0 Å². The summed E-state index contributed by atoms with van der Waals surface area (Å²) in [7, 11) is 3.48. The Morgan fingerprint density at radius 3 is 2.87 bits per heavy atom. The van der Waals surface area contributed by atoms with Crippen LogP contribution < -0.4 is 10.6 Å². The van der Waals surface area contributed by atoms with Crippen molar-refractivity contribution in [1.29, 1.82) is 0 Å². The maximum Gasteiger partial charge on any atom is 0.191 e. The Balaban J connectivity index is 0.00000264. The van der Waals surface area contributed by atoms with Gasteiger partial charge in [-0.3, -0.25) is 4.99 Å². The van der Waals surface area contributed by atoms with Crippen molar-refractivity contribution in [3.63, 3.8) is 0 Å². The molecule has 0 fully saturated rings. The molecule has 1 unspecified atom stereocenters. The lowest BCUT2D eigenvalue weighted by atomic mass is 10.1. The monoisotopic (exact) mass is 430 g/mol. The molecule has 23 heavy (non-hydrogen) atoms. The number of aromatic nitrogens is 1. The maximum atomic E-state index is 5.12. The fraction of sp³-hybridized carbons (Fsp3) is 0.471. The van der Waals surface area contributed by atoms with Gasteiger partial charge in [0.05, 0.1) is 6.61 Å². The predicted molar refractivity (Wildman–Crippen MR) is 108 cm³/mol. The first kappa shape index (κ1) is 19.8. The van der Waals surface area contributed by atoms with Crippen molar-refractivity contribution < 1.29 is 4.74 Å². The van der Waals surface area contributed by atoms with Crippen LogP contribution in [0.3, 0.4) is 0 Å². The second-order valence-corrected chi connectivity index (χ2v) is 5.61. The van der Waals surface area contributed by atoms with Crippen molar-refractivity contribution in [2.45, 2.75) is 26.3 Å². The van der Waals surface area contributed by atoms with Gasteiger partial charge in [0.25, 0.3) is 0 Å². The Morgan fingerprint density at radius 1 is 1.39 bits per heavy atom. The lowest BCUT2D eigenvalue weighted by molar-refractivity contribution is 0.179. The number of hydrogen-bond donors (Lipinski definition) is 3. The van der Waals surface area contributed by atoms with Crippen LogP contribution in [0, 0.1) is 6.92 Å². The van der Waals surface area contributed by atoms with Crippen molar-refractivity contribution in [3.05, 3.63) is 35.5 Å². The molecule has 0 spiro atoms. The summed E-state index contributed by atoms with van der Waals surface area (Å²) >= 11 is 0. The lowest BCUT2D eigenvalue weighted by Gasteiger charge is -2.17. The van der Waals surface area contributed by atoms with Gasteiger partial charge in [-0.2, -0.15) is 0 Å². The number of rotatable bonds is 6. The summed E-state index contributed by atoms with van der Waals surface area (Å²) in [6.07, 6.45) is 3.04. The number of guanidine groups is 1. The molecular formula is C17H27IN4O. The third-order valence-corrected chi connectivity index (χ3v) is 3.63. The molecule has 1 aromatic carbocycles. The molecule has 1 atom stereocenters. The van der Waals surface area contributed by atoms with E-state index in [4.69, 9.17) is 4.74 Å². The van der Waals surface area contributed by atoms with Gasteiger partial charge in [-0.25, -0.2) is 0 Å². The van der Waals surface area contributed by atoms with Crippen LogP contribution in [0.4, 0.5) is 0 Å². The van der Waals surface area contributed by atoms with Crippen molar-refractivity contribution in [3.8, 4) is 0 Å². The predicted octanol–water partition coefficient (Wildman–Crippen LogP) is 2.84. The van der Waals surface area contributed by atoms with E-state index in [9.17, 15) is 0 Å². The minimum atomic E-state index is 0. The van der Waals surface area contributed by atoms with Crippen LogP contribution in [0.25, 0.3) is 10.9 Å². The Kier molecular flexibility index (Phi) is 8.40. The molecule has 0 amide bonds. The standard InChI is InChI=1S/C17H26N4O.HI/c1-12-5-6-15-14(10-20-16(15)9-12)7-8-19-17(18-3)21-13(2)11-22-4;/h5-6,9-10,13,20H,7-8,11H2,1-4H3,(H2,18,19,21);1H. The highest BCUT2D eigenvalue weighted by Gasteiger charge is 2.06. The van der Waals surface area contributed by atoms with Gasteiger partial charge in [-0.15, -0.1) is 24.0 Å². The minimum absolute atomic E-state index is 0. The molecule has 0 bridgehead atoms. The molecule has 2 aromatic rings. The number of aliphatic imine (C=N–C) groups is 1. The number of aryl methyl sites for hydroxylation is 1. The average molecular weight is 430 g/mol. The Hall–Kier alpha value is -1.28. The quantitative estimate of drug-likeness (QED) is 0.375. The number of fused-ring (bicyclic) bond motifs is 1. The summed E-state index contributed by atoms with van der Waals surface area (Å²) in [5, 5.41) is 7.94. The van der Waals surface area contributed by atoms with Crippen molar-refractivity contribution in [2.75, 3.05) is 27.3 Å². The van der Waals surface area contributed by atoms with Gasteiger partial charge >= 0.3 is 0 Å². The van der Waals surface area contributed by atoms with E-state index >= 15 is 0 Å². The number of methoxy groups -OCH3 is 1. The van der Waals surface area contributed by atoms with E-state index in [0.717, 1.165) is 18.9 Å². The van der Waals surface area contributed by atoms with Gasteiger partial charge in [0.15, 0.2) is 5.96 Å². The van der Waals surface area contributed by atoms with Crippen LogP contribution in [0.2, 0.25) is 0 Å². The van der Waals surface area contributed by atoms with Crippen LogP contribution in [-0.4, -0.2) is 44.3 Å². The summed E-state index contributed by atoms with van der Waals surface area (Å²) in [6, 6.07) is 6.75. The SMILES string of the molecule is CN=C(NCCc1c[nH]c2cc(C)ccc12)NC(C)COC.I.